The van der Waals surface area contributed by atoms with Crippen LogP contribution in [0.25, 0.3) is 0 Å². The van der Waals surface area contributed by atoms with Crippen LogP contribution in [-0.4, -0.2) is 36.5 Å². The number of hydrogen-bond acceptors (Lipinski definition) is 3. The lowest BCUT2D eigenvalue weighted by Gasteiger charge is -2.38. The third-order valence-electron chi connectivity index (χ3n) is 2.71. The number of hydrogen-bond donors (Lipinski definition) is 0. The number of amides is 1. The highest BCUT2D eigenvalue weighted by Gasteiger charge is 2.32. The molecule has 1 saturated heterocycles. The van der Waals surface area contributed by atoms with Crippen LogP contribution in [0.3, 0.4) is 0 Å². The molecule has 0 bridgehead atoms. The van der Waals surface area contributed by atoms with Crippen LogP contribution in [0.2, 0.25) is 0 Å². The van der Waals surface area contributed by atoms with E-state index in [-0.39, 0.29) is 12.3 Å². The summed E-state index contributed by atoms with van der Waals surface area (Å²) < 4.78 is 10.7. The van der Waals surface area contributed by atoms with Gasteiger partial charge in [-0.1, -0.05) is 6.92 Å². The molecule has 0 aromatic heterocycles. The fourth-order valence-corrected chi connectivity index (χ4v) is 1.85. The normalized spacial score (nSPS) is 26.7. The minimum absolute atomic E-state index is 0.140. The van der Waals surface area contributed by atoms with Crippen LogP contribution in [0.15, 0.2) is 0 Å². The molecule has 2 atom stereocenters. The molecule has 0 aliphatic carbocycles. The van der Waals surface area contributed by atoms with Gasteiger partial charge in [0.05, 0.1) is 0 Å². The van der Waals surface area contributed by atoms with E-state index in [1.165, 1.54) is 0 Å². The van der Waals surface area contributed by atoms with Crippen molar-refractivity contribution in [1.29, 1.82) is 0 Å². The average Bonchev–Trinajstić information content (AvgIpc) is 2.14. The van der Waals surface area contributed by atoms with Crippen molar-refractivity contribution < 1.29 is 14.3 Å². The lowest BCUT2D eigenvalue weighted by atomic mass is 9.98. The Morgan fingerprint density at radius 2 is 2.00 bits per heavy atom. The number of likely N-dealkylation sites (tertiary alicyclic amines) is 1. The second-order valence-corrected chi connectivity index (χ2v) is 5.49. The van der Waals surface area contributed by atoms with Gasteiger partial charge in [-0.05, 0) is 39.5 Å². The van der Waals surface area contributed by atoms with Crippen LogP contribution in [0, 0.1) is 5.92 Å². The minimum Gasteiger partial charge on any atom is -0.444 e. The fourth-order valence-electron chi connectivity index (χ4n) is 1.85. The Labute approximate surface area is 97.9 Å². The van der Waals surface area contributed by atoms with Crippen molar-refractivity contribution in [2.45, 2.75) is 52.4 Å². The summed E-state index contributed by atoms with van der Waals surface area (Å²) in [6.07, 6.45) is 1.49. The fraction of sp³-hybridized carbons (Fsp3) is 0.917. The zero-order chi connectivity index (χ0) is 12.3. The van der Waals surface area contributed by atoms with Crippen molar-refractivity contribution in [3.63, 3.8) is 0 Å². The van der Waals surface area contributed by atoms with Gasteiger partial charge in [0.25, 0.3) is 0 Å². The molecule has 0 saturated carbocycles. The second-order valence-electron chi connectivity index (χ2n) is 5.49. The quantitative estimate of drug-likeness (QED) is 0.693. The molecule has 1 fully saturated rings. The van der Waals surface area contributed by atoms with E-state index in [4.69, 9.17) is 9.47 Å². The molecule has 1 aliphatic rings. The van der Waals surface area contributed by atoms with Gasteiger partial charge >= 0.3 is 6.09 Å². The van der Waals surface area contributed by atoms with Gasteiger partial charge in [0, 0.05) is 13.7 Å². The largest absolute Gasteiger partial charge is 0.444 e. The second kappa shape index (κ2) is 5.04. The highest BCUT2D eigenvalue weighted by atomic mass is 16.6. The van der Waals surface area contributed by atoms with E-state index >= 15 is 0 Å². The van der Waals surface area contributed by atoms with Crippen LogP contribution in [-0.2, 0) is 9.47 Å². The van der Waals surface area contributed by atoms with Gasteiger partial charge in [0.1, 0.15) is 11.8 Å². The Morgan fingerprint density at radius 3 is 2.50 bits per heavy atom. The molecule has 0 aromatic carbocycles. The number of carbonyl (C=O) groups excluding carboxylic acids is 1. The maximum absolute atomic E-state index is 11.9. The Kier molecular flexibility index (Phi) is 4.19. The molecule has 1 rings (SSSR count). The molecule has 0 spiro atoms. The Morgan fingerprint density at radius 1 is 1.38 bits per heavy atom. The molecule has 2 unspecified atom stereocenters. The molecule has 4 heteroatoms. The van der Waals surface area contributed by atoms with Crippen molar-refractivity contribution in [1.82, 2.24) is 4.90 Å². The highest BCUT2D eigenvalue weighted by Crippen LogP contribution is 2.24. The molecule has 1 aliphatic heterocycles. The van der Waals surface area contributed by atoms with Crippen molar-refractivity contribution in [3.05, 3.63) is 0 Å². The van der Waals surface area contributed by atoms with E-state index in [1.54, 1.807) is 12.0 Å². The first-order valence-electron chi connectivity index (χ1n) is 5.86. The predicted octanol–water partition coefficient (Wildman–Crippen LogP) is 2.63. The molecule has 1 amide bonds. The Bertz CT molecular complexity index is 247. The number of methoxy groups -OCH3 is 1. The van der Waals surface area contributed by atoms with Crippen LogP contribution in [0.1, 0.15) is 40.5 Å². The summed E-state index contributed by atoms with van der Waals surface area (Å²) in [7, 11) is 1.64. The van der Waals surface area contributed by atoms with Crippen molar-refractivity contribution >= 4 is 6.09 Å². The van der Waals surface area contributed by atoms with E-state index in [9.17, 15) is 4.79 Å². The topological polar surface area (TPSA) is 38.8 Å². The van der Waals surface area contributed by atoms with Crippen LogP contribution >= 0.6 is 0 Å². The predicted molar refractivity (Wildman–Crippen MR) is 62.1 cm³/mol. The first-order valence-corrected chi connectivity index (χ1v) is 5.86. The maximum Gasteiger partial charge on any atom is 0.412 e. The third-order valence-corrected chi connectivity index (χ3v) is 2.71. The van der Waals surface area contributed by atoms with E-state index < -0.39 is 5.60 Å². The Hall–Kier alpha value is -0.770. The van der Waals surface area contributed by atoms with E-state index in [0.717, 1.165) is 12.8 Å². The Balaban J connectivity index is 2.60. The summed E-state index contributed by atoms with van der Waals surface area (Å²) in [5.41, 5.74) is -0.446. The number of ether oxygens (including phenoxy) is 2. The van der Waals surface area contributed by atoms with Gasteiger partial charge in [-0.25, -0.2) is 4.79 Å². The number of rotatable bonds is 1. The van der Waals surface area contributed by atoms with Crippen molar-refractivity contribution in [3.8, 4) is 0 Å². The molecule has 4 nitrogen and oxygen atoms in total. The first kappa shape index (κ1) is 13.3. The average molecular weight is 229 g/mol. The summed E-state index contributed by atoms with van der Waals surface area (Å²) >= 11 is 0. The van der Waals surface area contributed by atoms with Gasteiger partial charge in [0.15, 0.2) is 0 Å². The highest BCUT2D eigenvalue weighted by molar-refractivity contribution is 5.68. The van der Waals surface area contributed by atoms with Gasteiger partial charge < -0.3 is 9.47 Å². The number of carbonyl (C=O) groups is 1. The molecular weight excluding hydrogens is 206 g/mol. The monoisotopic (exact) mass is 229 g/mol. The van der Waals surface area contributed by atoms with E-state index in [1.807, 2.05) is 20.8 Å². The summed E-state index contributed by atoms with van der Waals surface area (Å²) in [4.78, 5) is 13.6. The van der Waals surface area contributed by atoms with Gasteiger partial charge in [0.2, 0.25) is 0 Å². The maximum atomic E-state index is 11.9. The summed E-state index contributed by atoms with van der Waals surface area (Å²) in [5, 5.41) is 0. The molecule has 0 aromatic rings. The zero-order valence-corrected chi connectivity index (χ0v) is 10.9. The van der Waals surface area contributed by atoms with E-state index in [0.29, 0.717) is 12.5 Å². The van der Waals surface area contributed by atoms with Crippen LogP contribution in [0.4, 0.5) is 4.79 Å². The first-order chi connectivity index (χ1) is 7.33. The minimum atomic E-state index is -0.446. The van der Waals surface area contributed by atoms with Crippen LogP contribution < -0.4 is 0 Å². The number of nitrogens with zero attached hydrogens (tertiary/aromatic N) is 1. The zero-order valence-electron chi connectivity index (χ0n) is 10.9. The van der Waals surface area contributed by atoms with Gasteiger partial charge in [-0.3, -0.25) is 4.90 Å². The standard InChI is InChI=1S/C12H23NO3/c1-9-6-7-13(10(8-9)15-5)11(14)16-12(2,3)4/h9-10H,6-8H2,1-5H3. The summed E-state index contributed by atoms with van der Waals surface area (Å²) in [6.45, 7) is 8.52. The molecule has 1 heterocycles. The molecule has 0 radical (unpaired) electrons. The van der Waals surface area contributed by atoms with E-state index in [2.05, 4.69) is 6.92 Å². The molecule has 0 N–H and O–H groups in total. The summed E-state index contributed by atoms with van der Waals surface area (Å²) in [6, 6.07) is 0. The molecule has 94 valence electrons. The lowest BCUT2D eigenvalue weighted by molar-refractivity contribution is -0.0745. The smallest absolute Gasteiger partial charge is 0.412 e. The van der Waals surface area contributed by atoms with Crippen molar-refractivity contribution in [2.24, 2.45) is 5.92 Å². The third kappa shape index (κ3) is 3.67. The number of piperidine rings is 1. The summed E-state index contributed by atoms with van der Waals surface area (Å²) in [5.74, 6) is 0.601. The van der Waals surface area contributed by atoms with Gasteiger partial charge in [-0.2, -0.15) is 0 Å². The SMILES string of the molecule is COC1CC(C)CCN1C(=O)OC(C)(C)C. The van der Waals surface area contributed by atoms with Crippen molar-refractivity contribution in [2.75, 3.05) is 13.7 Å². The molecule has 16 heavy (non-hydrogen) atoms. The van der Waals surface area contributed by atoms with Crippen LogP contribution in [0.5, 0.6) is 0 Å². The lowest BCUT2D eigenvalue weighted by Crippen LogP contribution is -2.48. The molecular formula is C12H23NO3. The van der Waals surface area contributed by atoms with Gasteiger partial charge in [-0.15, -0.1) is 0 Å².